The topological polar surface area (TPSA) is 92.7 Å². The van der Waals surface area contributed by atoms with Gasteiger partial charge in [0.15, 0.2) is 11.6 Å². The van der Waals surface area contributed by atoms with Crippen molar-refractivity contribution in [1.29, 1.82) is 0 Å². The Kier molecular flexibility index (Phi) is 7.92. The molecule has 1 unspecified atom stereocenters. The third-order valence-electron chi connectivity index (χ3n) is 8.07. The summed E-state index contributed by atoms with van der Waals surface area (Å²) in [6.45, 7) is 1.21. The Morgan fingerprint density at radius 3 is 2.60 bits per heavy atom. The number of ether oxygens (including phenoxy) is 6. The zero-order chi connectivity index (χ0) is 29.3. The first-order valence-electron chi connectivity index (χ1n) is 14.0. The van der Waals surface area contributed by atoms with E-state index >= 15 is 4.39 Å². The van der Waals surface area contributed by atoms with E-state index in [9.17, 15) is 14.3 Å². The van der Waals surface area contributed by atoms with Crippen molar-refractivity contribution < 1.29 is 47.1 Å². The largest absolute Gasteiger partial charge is 0.492 e. The Hall–Kier alpha value is -3.89. The lowest BCUT2D eigenvalue weighted by Crippen LogP contribution is -2.41. The van der Waals surface area contributed by atoms with Crippen molar-refractivity contribution in [2.24, 2.45) is 0 Å². The maximum absolute atomic E-state index is 15.1. The highest BCUT2D eigenvalue weighted by atomic mass is 19.1. The molecule has 0 spiro atoms. The number of rotatable bonds is 9. The van der Waals surface area contributed by atoms with Crippen LogP contribution in [0.15, 0.2) is 48.5 Å². The first kappa shape index (κ1) is 28.2. The molecule has 2 atom stereocenters. The monoisotopic (exact) mass is 582 g/mol. The average molecular weight is 583 g/mol. The average Bonchev–Trinajstić information content (AvgIpc) is 3.59. The van der Waals surface area contributed by atoms with Crippen LogP contribution in [0, 0.1) is 11.6 Å². The zero-order valence-electron chi connectivity index (χ0n) is 23.2. The Morgan fingerprint density at radius 2 is 1.81 bits per heavy atom. The molecular formula is C32H32F2O8. The molecule has 0 amide bonds. The number of hydrogen-bond donors (Lipinski definition) is 1. The minimum atomic E-state index is -1.05. The number of halogens is 2. The highest BCUT2D eigenvalue weighted by Gasteiger charge is 2.33. The molecule has 3 aromatic rings. The molecule has 1 fully saturated rings. The van der Waals surface area contributed by atoms with Gasteiger partial charge in [0.1, 0.15) is 47.1 Å². The van der Waals surface area contributed by atoms with Gasteiger partial charge in [-0.1, -0.05) is 6.07 Å². The molecule has 2 aliphatic heterocycles. The van der Waals surface area contributed by atoms with Crippen molar-refractivity contribution in [3.05, 3.63) is 76.9 Å². The second kappa shape index (κ2) is 11.8. The van der Waals surface area contributed by atoms with Crippen molar-refractivity contribution in [1.82, 2.24) is 0 Å². The molecule has 1 N–H and O–H groups in total. The van der Waals surface area contributed by atoms with Gasteiger partial charge in [0.05, 0.1) is 20.1 Å². The van der Waals surface area contributed by atoms with Gasteiger partial charge in [-0.2, -0.15) is 0 Å². The molecule has 0 aromatic heterocycles. The molecule has 8 nitrogen and oxygen atoms in total. The maximum atomic E-state index is 15.1. The van der Waals surface area contributed by atoms with E-state index < -0.39 is 23.3 Å². The number of aliphatic hydroxyl groups is 1. The van der Waals surface area contributed by atoms with Crippen molar-refractivity contribution in [3.8, 4) is 28.7 Å². The number of carbonyl (C=O) groups is 1. The van der Waals surface area contributed by atoms with E-state index in [1.165, 1.54) is 31.4 Å². The number of esters is 1. The number of fused-ring (bicyclic) bond motifs is 2. The van der Waals surface area contributed by atoms with E-state index in [-0.39, 0.29) is 36.4 Å². The Labute approximate surface area is 242 Å². The van der Waals surface area contributed by atoms with E-state index in [0.29, 0.717) is 73.9 Å². The summed E-state index contributed by atoms with van der Waals surface area (Å²) < 4.78 is 63.5. The molecule has 1 aliphatic carbocycles. The van der Waals surface area contributed by atoms with Gasteiger partial charge in [0.2, 0.25) is 0 Å². The molecule has 2 heterocycles. The summed E-state index contributed by atoms with van der Waals surface area (Å²) in [6.07, 6.45) is 1.58. The van der Waals surface area contributed by atoms with Crippen LogP contribution in [0.1, 0.15) is 54.4 Å². The molecule has 42 heavy (non-hydrogen) atoms. The van der Waals surface area contributed by atoms with Crippen LogP contribution in [0.2, 0.25) is 0 Å². The van der Waals surface area contributed by atoms with E-state index in [1.807, 2.05) is 6.07 Å². The van der Waals surface area contributed by atoms with Gasteiger partial charge in [-0.05, 0) is 43.2 Å². The summed E-state index contributed by atoms with van der Waals surface area (Å²) in [5.41, 5.74) is 0.928. The third kappa shape index (κ3) is 5.87. The van der Waals surface area contributed by atoms with Crippen LogP contribution in [-0.2, 0) is 20.7 Å². The summed E-state index contributed by atoms with van der Waals surface area (Å²) in [5.74, 6) is 0.402. The Balaban J connectivity index is 1.14. The fourth-order valence-electron chi connectivity index (χ4n) is 5.70. The van der Waals surface area contributed by atoms with E-state index in [4.69, 9.17) is 28.4 Å². The first-order chi connectivity index (χ1) is 20.3. The van der Waals surface area contributed by atoms with Crippen LogP contribution in [0.3, 0.4) is 0 Å². The van der Waals surface area contributed by atoms with Crippen molar-refractivity contribution in [3.63, 3.8) is 0 Å². The summed E-state index contributed by atoms with van der Waals surface area (Å²) in [4.78, 5) is 11.7. The Morgan fingerprint density at radius 1 is 1.02 bits per heavy atom. The van der Waals surface area contributed by atoms with Crippen LogP contribution >= 0.6 is 0 Å². The van der Waals surface area contributed by atoms with E-state index in [1.54, 1.807) is 18.2 Å². The van der Waals surface area contributed by atoms with Crippen LogP contribution in [0.4, 0.5) is 8.78 Å². The lowest BCUT2D eigenvalue weighted by Gasteiger charge is -2.31. The molecule has 10 heteroatoms. The molecular weight excluding hydrogens is 550 g/mol. The highest BCUT2D eigenvalue weighted by Crippen LogP contribution is 2.44. The molecule has 222 valence electrons. The summed E-state index contributed by atoms with van der Waals surface area (Å²) in [5, 5.41) is 10.6. The lowest BCUT2D eigenvalue weighted by atomic mass is 9.96. The normalized spacial score (nSPS) is 20.3. The van der Waals surface area contributed by atoms with Gasteiger partial charge in [0.25, 0.3) is 0 Å². The number of methoxy groups -OCH3 is 1. The molecule has 3 aromatic carbocycles. The fourth-order valence-corrected chi connectivity index (χ4v) is 5.70. The minimum absolute atomic E-state index is 0.00927. The zero-order valence-corrected chi connectivity index (χ0v) is 23.2. The van der Waals surface area contributed by atoms with Gasteiger partial charge < -0.3 is 33.5 Å². The van der Waals surface area contributed by atoms with Gasteiger partial charge >= 0.3 is 5.97 Å². The Bertz CT molecular complexity index is 1470. The second-order valence-electron chi connectivity index (χ2n) is 10.9. The summed E-state index contributed by atoms with van der Waals surface area (Å²) in [7, 11) is 1.36. The quantitative estimate of drug-likeness (QED) is 0.318. The highest BCUT2D eigenvalue weighted by molar-refractivity contribution is 5.71. The second-order valence-corrected chi connectivity index (χ2v) is 10.9. The molecule has 3 aliphatic rings. The van der Waals surface area contributed by atoms with Gasteiger partial charge in [-0.15, -0.1) is 0 Å². The molecule has 1 saturated heterocycles. The third-order valence-corrected chi connectivity index (χ3v) is 8.07. The fraction of sp³-hybridized carbons (Fsp3) is 0.406. The van der Waals surface area contributed by atoms with Gasteiger partial charge in [-0.3, -0.25) is 4.79 Å². The molecule has 0 bridgehead atoms. The molecule has 0 saturated carbocycles. The smallest absolute Gasteiger partial charge is 0.306 e. The van der Waals surface area contributed by atoms with Crippen LogP contribution < -0.4 is 18.9 Å². The minimum Gasteiger partial charge on any atom is -0.492 e. The number of hydrogen-bond acceptors (Lipinski definition) is 8. The van der Waals surface area contributed by atoms with Gasteiger partial charge in [-0.25, -0.2) is 8.78 Å². The first-order valence-corrected chi connectivity index (χ1v) is 14.0. The predicted molar refractivity (Wildman–Crippen MR) is 146 cm³/mol. The lowest BCUT2D eigenvalue weighted by molar-refractivity contribution is -0.141. The SMILES string of the molecule is COC(=O)CC1COc2cc(O[C@@H]3CCc4c(Oc5ccc(OCC6(O)CCOCC6)c(F)c5)ccc(F)c43)ccc21. The van der Waals surface area contributed by atoms with Crippen molar-refractivity contribution in [2.75, 3.05) is 33.5 Å². The standard InChI is InChI=1S/C32H32F2O8/c1-37-30(35)14-19-17-39-29-16-21(2-4-22(19)29)42-28-8-5-23-26(9-6-24(33)31(23)28)41-20-3-7-27(25(34)15-20)40-18-32(36)10-12-38-13-11-32/h2-4,6-7,9,15-16,19,28,36H,5,8,10-14,17-18H2,1H3/t19?,28-/m1/s1. The van der Waals surface area contributed by atoms with Gasteiger partial charge in [0, 0.05) is 60.8 Å². The van der Waals surface area contributed by atoms with E-state index in [2.05, 4.69) is 0 Å². The van der Waals surface area contributed by atoms with Crippen LogP contribution in [0.5, 0.6) is 28.7 Å². The molecule has 6 rings (SSSR count). The maximum Gasteiger partial charge on any atom is 0.306 e. The van der Waals surface area contributed by atoms with Crippen molar-refractivity contribution >= 4 is 5.97 Å². The van der Waals surface area contributed by atoms with Crippen molar-refractivity contribution in [2.45, 2.75) is 49.7 Å². The molecule has 0 radical (unpaired) electrons. The number of benzene rings is 3. The summed E-state index contributed by atoms with van der Waals surface area (Å²) in [6, 6.07) is 12.5. The number of carbonyl (C=O) groups excluding carboxylic acids is 1. The van der Waals surface area contributed by atoms with Crippen LogP contribution in [0.25, 0.3) is 0 Å². The van der Waals surface area contributed by atoms with Crippen LogP contribution in [-0.4, -0.2) is 50.2 Å². The summed E-state index contributed by atoms with van der Waals surface area (Å²) >= 11 is 0. The predicted octanol–water partition coefficient (Wildman–Crippen LogP) is 5.78. The van der Waals surface area contributed by atoms with E-state index in [0.717, 1.165) is 5.56 Å².